The minimum atomic E-state index is 0.339. The summed E-state index contributed by atoms with van der Waals surface area (Å²) >= 11 is 31.6. The molecule has 16 heteroatoms. The van der Waals surface area contributed by atoms with Crippen LogP contribution in [0.15, 0.2) is 30.6 Å². The molecule has 2 aliphatic rings. The second kappa shape index (κ2) is 14.4. The van der Waals surface area contributed by atoms with Crippen molar-refractivity contribution in [2.75, 3.05) is 87.7 Å². The van der Waals surface area contributed by atoms with Gasteiger partial charge in [-0.1, -0.05) is 58.0 Å². The highest BCUT2D eigenvalue weighted by molar-refractivity contribution is 7.21. The summed E-state index contributed by atoms with van der Waals surface area (Å²) in [5.41, 5.74) is 14.4. The molecule has 10 nitrogen and oxygen atoms in total. The quantitative estimate of drug-likeness (QED) is 0.250. The molecular weight excluding hydrogens is 686 g/mol. The van der Waals surface area contributed by atoms with E-state index in [2.05, 4.69) is 53.6 Å². The van der Waals surface area contributed by atoms with Crippen molar-refractivity contribution in [2.45, 2.75) is 0 Å². The van der Waals surface area contributed by atoms with Gasteiger partial charge in [-0.3, -0.25) is 0 Å². The number of nitrogens with zero attached hydrogens (tertiary/aromatic N) is 8. The Balaban J connectivity index is 0.000000175. The van der Waals surface area contributed by atoms with E-state index in [-0.39, 0.29) is 0 Å². The van der Waals surface area contributed by atoms with Crippen molar-refractivity contribution in [3.63, 3.8) is 0 Å². The van der Waals surface area contributed by atoms with Crippen LogP contribution in [0.3, 0.4) is 0 Å². The van der Waals surface area contributed by atoms with Crippen molar-refractivity contribution in [1.82, 2.24) is 29.7 Å². The molecule has 4 aromatic rings. The van der Waals surface area contributed by atoms with E-state index in [1.54, 1.807) is 30.6 Å². The van der Waals surface area contributed by atoms with Crippen LogP contribution < -0.4 is 21.3 Å². The van der Waals surface area contributed by atoms with Crippen LogP contribution in [0.5, 0.6) is 0 Å². The van der Waals surface area contributed by atoms with Gasteiger partial charge in [-0.2, -0.15) is 9.97 Å². The van der Waals surface area contributed by atoms with E-state index in [0.717, 1.165) is 63.5 Å². The zero-order valence-corrected chi connectivity index (χ0v) is 28.7. The molecular formula is C28H31Cl5N10S. The Hall–Kier alpha value is -2.35. The normalized spacial score (nSPS) is 16.2. The second-order valence-corrected chi connectivity index (χ2v) is 13.8. The minimum Gasteiger partial charge on any atom is -0.383 e. The van der Waals surface area contributed by atoms with Crippen molar-refractivity contribution in [1.29, 1.82) is 0 Å². The van der Waals surface area contributed by atoms with Crippen molar-refractivity contribution >= 4 is 92.9 Å². The fourth-order valence-electron chi connectivity index (χ4n) is 4.73. The maximum absolute atomic E-state index is 6.19. The highest BCUT2D eigenvalue weighted by atomic mass is 35.5. The first-order valence-corrected chi connectivity index (χ1v) is 16.4. The largest absolute Gasteiger partial charge is 0.383 e. The summed E-state index contributed by atoms with van der Waals surface area (Å²) in [5.74, 6) is 2.12. The highest BCUT2D eigenvalue weighted by Gasteiger charge is 2.22. The van der Waals surface area contributed by atoms with Crippen LogP contribution in [0.25, 0.3) is 21.6 Å². The zero-order chi connectivity index (χ0) is 31.5. The first-order valence-electron chi connectivity index (χ1n) is 13.7. The number of hydrogen-bond donors (Lipinski definition) is 2. The number of likely N-dealkylation sites (N-methyl/N-ethyl adjacent to an activating group) is 2. The number of aromatic nitrogens is 4. The van der Waals surface area contributed by atoms with Gasteiger partial charge in [0.05, 0.1) is 20.5 Å². The van der Waals surface area contributed by atoms with Gasteiger partial charge in [0.25, 0.3) is 0 Å². The second-order valence-electron chi connectivity index (χ2n) is 10.5. The summed E-state index contributed by atoms with van der Waals surface area (Å²) in [6.07, 6.45) is 3.42. The molecule has 0 amide bonds. The molecule has 234 valence electrons. The molecule has 3 aromatic heterocycles. The molecule has 6 rings (SSSR count). The number of anilines is 4. The average molecular weight is 717 g/mol. The summed E-state index contributed by atoms with van der Waals surface area (Å²) in [6, 6.07) is 5.29. The summed E-state index contributed by atoms with van der Waals surface area (Å²) in [5, 5.41) is 1.85. The predicted molar refractivity (Wildman–Crippen MR) is 186 cm³/mol. The molecule has 0 bridgehead atoms. The number of benzene rings is 1. The summed E-state index contributed by atoms with van der Waals surface area (Å²) in [6.45, 7) is 7.51. The molecule has 2 fully saturated rings. The number of rotatable bonds is 4. The lowest BCUT2D eigenvalue weighted by Gasteiger charge is -2.32. The minimum absolute atomic E-state index is 0.339. The first-order chi connectivity index (χ1) is 21.0. The number of hydrogen-bond acceptors (Lipinski definition) is 11. The van der Waals surface area contributed by atoms with Gasteiger partial charge in [-0.25, -0.2) is 9.97 Å². The lowest BCUT2D eigenvalue weighted by Crippen LogP contribution is -2.45. The summed E-state index contributed by atoms with van der Waals surface area (Å²) in [4.78, 5) is 27.2. The molecule has 0 radical (unpaired) electrons. The van der Waals surface area contributed by atoms with Gasteiger partial charge < -0.3 is 31.1 Å². The zero-order valence-electron chi connectivity index (χ0n) is 24.1. The molecule has 0 unspecified atom stereocenters. The molecule has 44 heavy (non-hydrogen) atoms. The summed E-state index contributed by atoms with van der Waals surface area (Å²) < 4.78 is 0.434. The number of halogens is 5. The molecule has 0 atom stereocenters. The van der Waals surface area contributed by atoms with Gasteiger partial charge in [0, 0.05) is 80.4 Å². The third-order valence-electron chi connectivity index (χ3n) is 7.36. The van der Waals surface area contributed by atoms with E-state index < -0.39 is 0 Å². The Morgan fingerprint density at radius 1 is 0.636 bits per heavy atom. The Bertz CT molecular complexity index is 1600. The maximum Gasteiger partial charge on any atom is 0.227 e. The Morgan fingerprint density at radius 2 is 1.09 bits per heavy atom. The molecule has 2 aliphatic heterocycles. The highest BCUT2D eigenvalue weighted by Crippen LogP contribution is 2.47. The van der Waals surface area contributed by atoms with Gasteiger partial charge in [-0.15, -0.1) is 11.3 Å². The van der Waals surface area contributed by atoms with Crippen molar-refractivity contribution in [2.24, 2.45) is 0 Å². The third kappa shape index (κ3) is 7.71. The van der Waals surface area contributed by atoms with Crippen LogP contribution in [0.4, 0.5) is 23.5 Å². The van der Waals surface area contributed by atoms with E-state index in [0.29, 0.717) is 58.4 Å². The van der Waals surface area contributed by atoms with Crippen LogP contribution in [-0.4, -0.2) is 96.2 Å². The molecule has 2 saturated heterocycles. The average Bonchev–Trinajstić information content (AvgIpc) is 3.24. The Morgan fingerprint density at radius 3 is 1.50 bits per heavy atom. The lowest BCUT2D eigenvalue weighted by molar-refractivity contribution is 0.311. The topological polar surface area (TPSA) is 117 Å². The molecule has 4 N–H and O–H groups in total. The van der Waals surface area contributed by atoms with E-state index >= 15 is 0 Å². The van der Waals surface area contributed by atoms with Crippen molar-refractivity contribution in [3.05, 3.63) is 55.0 Å². The van der Waals surface area contributed by atoms with Gasteiger partial charge in [0.15, 0.2) is 0 Å². The maximum atomic E-state index is 6.19. The Labute approximate surface area is 285 Å². The van der Waals surface area contributed by atoms with Crippen LogP contribution >= 0.6 is 69.3 Å². The monoisotopic (exact) mass is 714 g/mol. The van der Waals surface area contributed by atoms with Gasteiger partial charge in [0.1, 0.15) is 16.0 Å². The summed E-state index contributed by atoms with van der Waals surface area (Å²) in [7, 11) is 4.21. The van der Waals surface area contributed by atoms with Gasteiger partial charge >= 0.3 is 0 Å². The van der Waals surface area contributed by atoms with Crippen molar-refractivity contribution in [3.8, 4) is 21.6 Å². The van der Waals surface area contributed by atoms with E-state index in [4.69, 9.17) is 69.5 Å². The van der Waals surface area contributed by atoms with Crippen molar-refractivity contribution < 1.29 is 0 Å². The fraction of sp³-hybridized carbons (Fsp3) is 0.357. The van der Waals surface area contributed by atoms with Crippen LogP contribution in [-0.2, 0) is 0 Å². The third-order valence-corrected chi connectivity index (χ3v) is 10.4. The lowest BCUT2D eigenvalue weighted by atomic mass is 10.1. The SMILES string of the molecule is CN1CCN(c2ncc(-c3cc(Cl)cc(Cl)c3)c(N)n2)CC1.CN1CCN(c2ncc(-c3sc(Cl)c(Cl)c3Cl)c(N)n2)CC1. The number of piperazine rings is 2. The van der Waals surface area contributed by atoms with Crippen LogP contribution in [0.1, 0.15) is 0 Å². The molecule has 0 saturated carbocycles. The van der Waals surface area contributed by atoms with Gasteiger partial charge in [0.2, 0.25) is 11.9 Å². The Kier molecular flexibility index (Phi) is 10.8. The fourth-order valence-corrected chi connectivity index (χ4v) is 7.10. The first kappa shape index (κ1) is 33.0. The van der Waals surface area contributed by atoms with E-state index in [9.17, 15) is 0 Å². The molecule has 5 heterocycles. The predicted octanol–water partition coefficient (Wildman–Crippen LogP) is 6.28. The smallest absolute Gasteiger partial charge is 0.227 e. The number of nitrogen functional groups attached to an aromatic ring is 2. The van der Waals surface area contributed by atoms with Crippen LogP contribution in [0.2, 0.25) is 24.4 Å². The standard InChI is InChI=1S/C15H17Cl2N5.C13H14Cl3N5S/c1-21-2-4-22(5-3-21)15-19-9-13(14(18)20-15)10-6-11(16)8-12(17)7-10;1-20-2-4-21(5-3-20)13-18-6-7(12(17)19-13)10-8(14)9(15)11(16)22-10/h6-9H,2-5H2,1H3,(H2,18,19,20);6H,2-5H2,1H3,(H2,17,18,19). The number of nitrogens with two attached hydrogens (primary N) is 2. The van der Waals surface area contributed by atoms with E-state index in [1.165, 1.54) is 11.3 Å². The molecule has 1 aromatic carbocycles. The van der Waals surface area contributed by atoms with Gasteiger partial charge in [-0.05, 0) is 37.9 Å². The molecule has 0 aliphatic carbocycles. The van der Waals surface area contributed by atoms with Crippen LogP contribution in [0, 0.1) is 0 Å². The molecule has 0 spiro atoms. The number of thiophene rings is 1. The van der Waals surface area contributed by atoms with E-state index in [1.807, 2.05) is 0 Å².